The molecule has 0 radical (unpaired) electrons. The highest BCUT2D eigenvalue weighted by atomic mass is 32.2. The van der Waals surface area contributed by atoms with Crippen LogP contribution in [0.5, 0.6) is 5.75 Å². The predicted octanol–water partition coefficient (Wildman–Crippen LogP) is 4.03. The summed E-state index contributed by atoms with van der Waals surface area (Å²) in [5, 5.41) is 10.4. The van der Waals surface area contributed by atoms with Crippen LogP contribution in [0.1, 0.15) is 30.1 Å². The van der Waals surface area contributed by atoms with Crippen LogP contribution in [-0.2, 0) is 0 Å². The second-order valence-corrected chi connectivity index (χ2v) is 5.94. The molecular formula is C17H18O2S. The van der Waals surface area contributed by atoms with Crippen molar-refractivity contribution in [2.45, 2.75) is 29.9 Å². The third-order valence-corrected chi connectivity index (χ3v) is 4.20. The summed E-state index contributed by atoms with van der Waals surface area (Å²) in [5.41, 5.74) is 1.81. The first-order valence-electron chi connectivity index (χ1n) is 6.85. The van der Waals surface area contributed by atoms with Crippen molar-refractivity contribution in [3.63, 3.8) is 0 Å². The number of aliphatic hydroxyl groups excluding tert-OH is 1. The lowest BCUT2D eigenvalue weighted by Gasteiger charge is -2.13. The molecule has 20 heavy (non-hydrogen) atoms. The molecule has 2 nitrogen and oxygen atoms in total. The summed E-state index contributed by atoms with van der Waals surface area (Å²) in [6.45, 7) is 0. The molecule has 104 valence electrons. The van der Waals surface area contributed by atoms with Gasteiger partial charge in [-0.3, -0.25) is 0 Å². The number of hydrogen-bond acceptors (Lipinski definition) is 3. The normalized spacial score (nSPS) is 15.9. The van der Waals surface area contributed by atoms with Gasteiger partial charge in [-0.15, -0.1) is 11.8 Å². The van der Waals surface area contributed by atoms with E-state index in [1.165, 1.54) is 4.90 Å². The number of hydrogen-bond donors (Lipinski definition) is 1. The number of thioether (sulfide) groups is 1. The molecule has 2 aromatic carbocycles. The van der Waals surface area contributed by atoms with E-state index in [4.69, 9.17) is 4.74 Å². The third-order valence-electron chi connectivity index (χ3n) is 3.45. The summed E-state index contributed by atoms with van der Waals surface area (Å²) in [6, 6.07) is 15.8. The summed E-state index contributed by atoms with van der Waals surface area (Å²) in [4.78, 5) is 1.20. The standard InChI is InChI=1S/C17H18O2S/c1-20-16-10-4-13(5-11-16)17(18)12-2-6-14(7-3-12)19-15-8-9-15/h2-7,10-11,15,17-18H,8-9H2,1H3. The summed E-state index contributed by atoms with van der Waals surface area (Å²) < 4.78 is 5.71. The van der Waals surface area contributed by atoms with Crippen LogP contribution in [0.15, 0.2) is 53.4 Å². The molecule has 3 rings (SSSR count). The maximum absolute atomic E-state index is 10.4. The molecule has 3 heteroatoms. The minimum Gasteiger partial charge on any atom is -0.490 e. The number of aliphatic hydroxyl groups is 1. The fraction of sp³-hybridized carbons (Fsp3) is 0.294. The molecule has 1 fully saturated rings. The van der Waals surface area contributed by atoms with Gasteiger partial charge in [0.15, 0.2) is 0 Å². The highest BCUT2D eigenvalue weighted by molar-refractivity contribution is 7.98. The van der Waals surface area contributed by atoms with Gasteiger partial charge in [0, 0.05) is 4.90 Å². The van der Waals surface area contributed by atoms with Gasteiger partial charge in [0.25, 0.3) is 0 Å². The summed E-state index contributed by atoms with van der Waals surface area (Å²) in [6.07, 6.45) is 4.19. The van der Waals surface area contributed by atoms with Crippen LogP contribution in [0.2, 0.25) is 0 Å². The first kappa shape index (κ1) is 13.5. The van der Waals surface area contributed by atoms with Crippen molar-refractivity contribution in [1.82, 2.24) is 0 Å². The monoisotopic (exact) mass is 286 g/mol. The van der Waals surface area contributed by atoms with E-state index in [0.717, 1.165) is 29.7 Å². The predicted molar refractivity (Wildman–Crippen MR) is 82.4 cm³/mol. The van der Waals surface area contributed by atoms with Gasteiger partial charge in [-0.25, -0.2) is 0 Å². The quantitative estimate of drug-likeness (QED) is 0.841. The minimum atomic E-state index is -0.583. The Hall–Kier alpha value is -1.45. The van der Waals surface area contributed by atoms with Crippen molar-refractivity contribution in [3.8, 4) is 5.75 Å². The molecule has 2 aromatic rings. The molecule has 1 atom stereocenters. The van der Waals surface area contributed by atoms with Gasteiger partial charge >= 0.3 is 0 Å². The smallest absolute Gasteiger partial charge is 0.119 e. The van der Waals surface area contributed by atoms with E-state index < -0.39 is 6.10 Å². The SMILES string of the molecule is CSc1ccc(C(O)c2ccc(OC3CC3)cc2)cc1. The van der Waals surface area contributed by atoms with Gasteiger partial charge in [-0.1, -0.05) is 24.3 Å². The number of ether oxygens (including phenoxy) is 1. The summed E-state index contributed by atoms with van der Waals surface area (Å²) in [7, 11) is 0. The van der Waals surface area contributed by atoms with Gasteiger partial charge in [-0.05, 0) is 54.5 Å². The molecule has 1 N–H and O–H groups in total. The molecule has 0 aliphatic heterocycles. The Labute approximate surface area is 123 Å². The second kappa shape index (κ2) is 5.90. The average molecular weight is 286 g/mol. The first-order valence-corrected chi connectivity index (χ1v) is 8.07. The van der Waals surface area contributed by atoms with Gasteiger partial charge in [0.05, 0.1) is 6.10 Å². The highest BCUT2D eigenvalue weighted by Crippen LogP contribution is 2.29. The molecule has 0 heterocycles. The van der Waals surface area contributed by atoms with E-state index >= 15 is 0 Å². The van der Waals surface area contributed by atoms with Crippen LogP contribution in [0, 0.1) is 0 Å². The van der Waals surface area contributed by atoms with Gasteiger partial charge in [-0.2, -0.15) is 0 Å². The van der Waals surface area contributed by atoms with E-state index in [-0.39, 0.29) is 0 Å². The van der Waals surface area contributed by atoms with Crippen molar-refractivity contribution in [3.05, 3.63) is 59.7 Å². The Morgan fingerprint density at radius 1 is 1.00 bits per heavy atom. The van der Waals surface area contributed by atoms with Crippen LogP contribution in [-0.4, -0.2) is 17.5 Å². The van der Waals surface area contributed by atoms with Crippen LogP contribution in [0.3, 0.4) is 0 Å². The zero-order valence-corrected chi connectivity index (χ0v) is 12.3. The molecule has 1 aliphatic carbocycles. The minimum absolute atomic E-state index is 0.407. The fourth-order valence-corrected chi connectivity index (χ4v) is 2.49. The zero-order chi connectivity index (χ0) is 13.9. The Kier molecular flexibility index (Phi) is 3.99. The molecule has 0 bridgehead atoms. The lowest BCUT2D eigenvalue weighted by Crippen LogP contribution is -2.00. The maximum Gasteiger partial charge on any atom is 0.119 e. The molecule has 1 aliphatic rings. The zero-order valence-electron chi connectivity index (χ0n) is 11.5. The lowest BCUT2D eigenvalue weighted by atomic mass is 10.0. The van der Waals surface area contributed by atoms with Crippen molar-refractivity contribution in [2.24, 2.45) is 0 Å². The number of rotatable bonds is 5. The molecule has 0 amide bonds. The number of benzene rings is 2. The van der Waals surface area contributed by atoms with E-state index in [1.54, 1.807) is 11.8 Å². The average Bonchev–Trinajstić information content (AvgIpc) is 3.31. The third kappa shape index (κ3) is 3.17. The topological polar surface area (TPSA) is 29.5 Å². The highest BCUT2D eigenvalue weighted by Gasteiger charge is 2.23. The van der Waals surface area contributed by atoms with E-state index in [9.17, 15) is 5.11 Å². The van der Waals surface area contributed by atoms with Crippen LogP contribution >= 0.6 is 11.8 Å². The fourth-order valence-electron chi connectivity index (χ4n) is 2.09. The summed E-state index contributed by atoms with van der Waals surface area (Å²) >= 11 is 1.70. The summed E-state index contributed by atoms with van der Waals surface area (Å²) in [5.74, 6) is 0.890. The molecule has 0 saturated heterocycles. The van der Waals surface area contributed by atoms with Crippen molar-refractivity contribution < 1.29 is 9.84 Å². The second-order valence-electron chi connectivity index (χ2n) is 5.06. The molecular weight excluding hydrogens is 268 g/mol. The lowest BCUT2D eigenvalue weighted by molar-refractivity contribution is 0.220. The van der Waals surface area contributed by atoms with Crippen molar-refractivity contribution >= 4 is 11.8 Å². The van der Waals surface area contributed by atoms with Crippen LogP contribution in [0.25, 0.3) is 0 Å². The van der Waals surface area contributed by atoms with E-state index in [1.807, 2.05) is 54.8 Å². The Bertz CT molecular complexity index is 559. The van der Waals surface area contributed by atoms with E-state index in [2.05, 4.69) is 0 Å². The van der Waals surface area contributed by atoms with Crippen molar-refractivity contribution in [2.75, 3.05) is 6.26 Å². The van der Waals surface area contributed by atoms with Crippen LogP contribution in [0.4, 0.5) is 0 Å². The van der Waals surface area contributed by atoms with Gasteiger partial charge in [0.1, 0.15) is 11.9 Å². The first-order chi connectivity index (χ1) is 9.76. The molecule has 0 spiro atoms. The Morgan fingerprint density at radius 2 is 1.55 bits per heavy atom. The van der Waals surface area contributed by atoms with Crippen molar-refractivity contribution in [1.29, 1.82) is 0 Å². The Morgan fingerprint density at radius 3 is 2.05 bits per heavy atom. The Balaban J connectivity index is 1.72. The largest absolute Gasteiger partial charge is 0.490 e. The molecule has 1 unspecified atom stereocenters. The molecule has 1 saturated carbocycles. The maximum atomic E-state index is 10.4. The molecule has 0 aromatic heterocycles. The van der Waals surface area contributed by atoms with E-state index in [0.29, 0.717) is 6.10 Å². The van der Waals surface area contributed by atoms with Gasteiger partial charge in [0.2, 0.25) is 0 Å². The van der Waals surface area contributed by atoms with Gasteiger partial charge < -0.3 is 9.84 Å². The van der Waals surface area contributed by atoms with Crippen LogP contribution < -0.4 is 4.74 Å².